The van der Waals surface area contributed by atoms with Gasteiger partial charge in [0.2, 0.25) is 0 Å². The van der Waals surface area contributed by atoms with Crippen LogP contribution in [0.2, 0.25) is 0 Å². The Balaban J connectivity index is 2.27. The van der Waals surface area contributed by atoms with Crippen LogP contribution in [0.25, 0.3) is 0 Å². The van der Waals surface area contributed by atoms with Gasteiger partial charge in [0, 0.05) is 18.7 Å². The fourth-order valence-electron chi connectivity index (χ4n) is 1.42. The van der Waals surface area contributed by atoms with E-state index in [2.05, 4.69) is 5.32 Å². The van der Waals surface area contributed by atoms with Crippen LogP contribution in [0.4, 0.5) is 0 Å². The van der Waals surface area contributed by atoms with Crippen molar-refractivity contribution >= 4 is 5.91 Å². The Morgan fingerprint density at radius 1 is 1.19 bits per heavy atom. The molecule has 2 N–H and O–H groups in total. The number of unbranched alkanes of at least 4 members (excludes halogenated alkanes) is 2. The number of nitrogens with one attached hydrogen (secondary N) is 1. The van der Waals surface area contributed by atoms with Gasteiger partial charge in [0.15, 0.2) is 0 Å². The zero-order chi connectivity index (χ0) is 11.8. The van der Waals surface area contributed by atoms with Gasteiger partial charge in [-0.15, -0.1) is 0 Å². The van der Waals surface area contributed by atoms with Crippen LogP contribution >= 0.6 is 0 Å². The number of hydrogen-bond acceptors (Lipinski definition) is 2. The Morgan fingerprint density at radius 2 is 1.88 bits per heavy atom. The molecule has 0 spiro atoms. The lowest BCUT2D eigenvalue weighted by atomic mass is 10.1. The third kappa shape index (κ3) is 4.45. The lowest BCUT2D eigenvalue weighted by molar-refractivity contribution is 0.0953. The standard InChI is InChI=1S/C13H19NO2/c1-11-5-7-12(8-6-11)13(16)14-9-3-2-4-10-15/h5-8,15H,2-4,9-10H2,1H3,(H,14,16). The molecule has 1 aromatic rings. The molecule has 1 rings (SSSR count). The summed E-state index contributed by atoms with van der Waals surface area (Å²) in [6.07, 6.45) is 2.67. The van der Waals surface area contributed by atoms with E-state index < -0.39 is 0 Å². The molecule has 0 aromatic heterocycles. The van der Waals surface area contributed by atoms with Crippen LogP contribution in [-0.4, -0.2) is 24.2 Å². The topological polar surface area (TPSA) is 49.3 Å². The first-order chi connectivity index (χ1) is 7.74. The molecule has 0 atom stereocenters. The third-order valence-corrected chi connectivity index (χ3v) is 2.43. The molecule has 88 valence electrons. The zero-order valence-electron chi connectivity index (χ0n) is 9.70. The predicted octanol–water partition coefficient (Wildman–Crippen LogP) is 1.89. The van der Waals surface area contributed by atoms with Crippen molar-refractivity contribution in [1.29, 1.82) is 0 Å². The Kier molecular flexibility index (Phi) is 5.57. The molecule has 0 saturated heterocycles. The van der Waals surface area contributed by atoms with E-state index in [1.165, 1.54) is 0 Å². The van der Waals surface area contributed by atoms with E-state index in [0.29, 0.717) is 12.1 Å². The van der Waals surface area contributed by atoms with Crippen LogP contribution in [0.5, 0.6) is 0 Å². The molecular weight excluding hydrogens is 202 g/mol. The number of aliphatic hydroxyl groups is 1. The summed E-state index contributed by atoms with van der Waals surface area (Å²) in [5.74, 6) is -0.0241. The first kappa shape index (κ1) is 12.7. The molecular formula is C13H19NO2. The normalized spacial score (nSPS) is 10.1. The minimum atomic E-state index is -0.0241. The molecule has 0 aliphatic rings. The van der Waals surface area contributed by atoms with E-state index in [1.54, 1.807) is 0 Å². The van der Waals surface area contributed by atoms with E-state index in [-0.39, 0.29) is 12.5 Å². The van der Waals surface area contributed by atoms with Crippen molar-refractivity contribution in [2.75, 3.05) is 13.2 Å². The molecule has 1 amide bonds. The maximum absolute atomic E-state index is 11.6. The quantitative estimate of drug-likeness (QED) is 0.721. The Labute approximate surface area is 96.5 Å². The minimum Gasteiger partial charge on any atom is -0.396 e. The lowest BCUT2D eigenvalue weighted by Gasteiger charge is -2.05. The van der Waals surface area contributed by atoms with Gasteiger partial charge in [0.1, 0.15) is 0 Å². The van der Waals surface area contributed by atoms with Gasteiger partial charge in [-0.1, -0.05) is 17.7 Å². The Hall–Kier alpha value is -1.35. The van der Waals surface area contributed by atoms with Crippen LogP contribution in [-0.2, 0) is 0 Å². The average molecular weight is 221 g/mol. The molecule has 0 fully saturated rings. The number of hydrogen-bond donors (Lipinski definition) is 2. The van der Waals surface area contributed by atoms with Gasteiger partial charge >= 0.3 is 0 Å². The summed E-state index contributed by atoms with van der Waals surface area (Å²) in [5.41, 5.74) is 1.85. The second kappa shape index (κ2) is 7.01. The summed E-state index contributed by atoms with van der Waals surface area (Å²) in [4.78, 5) is 11.6. The van der Waals surface area contributed by atoms with Crippen LogP contribution in [0.3, 0.4) is 0 Å². The van der Waals surface area contributed by atoms with Crippen molar-refractivity contribution < 1.29 is 9.90 Å². The lowest BCUT2D eigenvalue weighted by Crippen LogP contribution is -2.24. The first-order valence-electron chi connectivity index (χ1n) is 5.70. The summed E-state index contributed by atoms with van der Waals surface area (Å²) in [7, 11) is 0. The molecule has 0 radical (unpaired) electrons. The molecule has 0 saturated carbocycles. The van der Waals surface area contributed by atoms with Crippen molar-refractivity contribution in [3.63, 3.8) is 0 Å². The number of carbonyl (C=O) groups excluding carboxylic acids is 1. The van der Waals surface area contributed by atoms with Gasteiger partial charge in [-0.3, -0.25) is 4.79 Å². The van der Waals surface area contributed by atoms with Gasteiger partial charge < -0.3 is 10.4 Å². The van der Waals surface area contributed by atoms with Crippen LogP contribution in [0.1, 0.15) is 35.2 Å². The van der Waals surface area contributed by atoms with E-state index in [1.807, 2.05) is 31.2 Å². The zero-order valence-corrected chi connectivity index (χ0v) is 9.70. The second-order valence-corrected chi connectivity index (χ2v) is 3.91. The smallest absolute Gasteiger partial charge is 0.251 e. The minimum absolute atomic E-state index is 0.0241. The predicted molar refractivity (Wildman–Crippen MR) is 64.4 cm³/mol. The van der Waals surface area contributed by atoms with E-state index in [4.69, 9.17) is 5.11 Å². The molecule has 3 nitrogen and oxygen atoms in total. The van der Waals surface area contributed by atoms with Crippen molar-refractivity contribution in [3.05, 3.63) is 35.4 Å². The van der Waals surface area contributed by atoms with E-state index in [9.17, 15) is 4.79 Å². The highest BCUT2D eigenvalue weighted by Crippen LogP contribution is 2.02. The average Bonchev–Trinajstić information content (AvgIpc) is 2.29. The largest absolute Gasteiger partial charge is 0.396 e. The summed E-state index contributed by atoms with van der Waals surface area (Å²) in [6.45, 7) is 2.90. The summed E-state index contributed by atoms with van der Waals surface area (Å²) in [5, 5.41) is 11.4. The SMILES string of the molecule is Cc1ccc(C(=O)NCCCCCO)cc1. The molecule has 0 bridgehead atoms. The number of aryl methyl sites for hydroxylation is 1. The molecule has 0 aliphatic heterocycles. The summed E-state index contributed by atoms with van der Waals surface area (Å²) < 4.78 is 0. The third-order valence-electron chi connectivity index (χ3n) is 2.43. The summed E-state index contributed by atoms with van der Waals surface area (Å²) in [6, 6.07) is 7.53. The molecule has 3 heteroatoms. The van der Waals surface area contributed by atoms with Crippen molar-refractivity contribution in [3.8, 4) is 0 Å². The number of amides is 1. The van der Waals surface area contributed by atoms with Gasteiger partial charge in [-0.25, -0.2) is 0 Å². The first-order valence-corrected chi connectivity index (χ1v) is 5.70. The molecule has 0 unspecified atom stereocenters. The van der Waals surface area contributed by atoms with Crippen LogP contribution in [0.15, 0.2) is 24.3 Å². The van der Waals surface area contributed by atoms with Gasteiger partial charge in [0.05, 0.1) is 0 Å². The highest BCUT2D eigenvalue weighted by molar-refractivity contribution is 5.94. The Morgan fingerprint density at radius 3 is 2.50 bits per heavy atom. The van der Waals surface area contributed by atoms with Crippen LogP contribution in [0, 0.1) is 6.92 Å². The summed E-state index contributed by atoms with van der Waals surface area (Å²) >= 11 is 0. The van der Waals surface area contributed by atoms with Gasteiger partial charge in [-0.2, -0.15) is 0 Å². The number of benzene rings is 1. The van der Waals surface area contributed by atoms with Crippen molar-refractivity contribution in [2.45, 2.75) is 26.2 Å². The van der Waals surface area contributed by atoms with Gasteiger partial charge in [0.25, 0.3) is 5.91 Å². The highest BCUT2D eigenvalue weighted by Gasteiger charge is 2.03. The molecule has 1 aromatic carbocycles. The maximum atomic E-state index is 11.6. The number of aliphatic hydroxyl groups excluding tert-OH is 1. The van der Waals surface area contributed by atoms with Crippen molar-refractivity contribution in [2.24, 2.45) is 0 Å². The molecule has 0 heterocycles. The second-order valence-electron chi connectivity index (χ2n) is 3.91. The van der Waals surface area contributed by atoms with Crippen molar-refractivity contribution in [1.82, 2.24) is 5.32 Å². The monoisotopic (exact) mass is 221 g/mol. The van der Waals surface area contributed by atoms with E-state index >= 15 is 0 Å². The highest BCUT2D eigenvalue weighted by atomic mass is 16.2. The van der Waals surface area contributed by atoms with Gasteiger partial charge in [-0.05, 0) is 38.3 Å². The fourth-order valence-corrected chi connectivity index (χ4v) is 1.42. The fraction of sp³-hybridized carbons (Fsp3) is 0.462. The van der Waals surface area contributed by atoms with E-state index in [0.717, 1.165) is 24.8 Å². The van der Waals surface area contributed by atoms with Crippen LogP contribution < -0.4 is 5.32 Å². The molecule has 0 aliphatic carbocycles. The Bertz CT molecular complexity index is 319. The number of rotatable bonds is 6. The molecule has 16 heavy (non-hydrogen) atoms. The number of carbonyl (C=O) groups is 1. The maximum Gasteiger partial charge on any atom is 0.251 e.